The van der Waals surface area contributed by atoms with E-state index in [0.29, 0.717) is 5.03 Å². The van der Waals surface area contributed by atoms with Crippen molar-refractivity contribution in [1.82, 2.24) is 0 Å². The van der Waals surface area contributed by atoms with Crippen LogP contribution in [-0.4, -0.2) is 71.8 Å². The van der Waals surface area contributed by atoms with Crippen LogP contribution in [0.4, 0.5) is 0 Å². The van der Waals surface area contributed by atoms with Crippen molar-refractivity contribution >= 4 is 29.5 Å². The number of hydrogen-bond donors (Lipinski definition) is 1. The molecule has 1 N–H and O–H groups in total. The van der Waals surface area contributed by atoms with Gasteiger partial charge in [-0.2, -0.15) is 0 Å². The van der Waals surface area contributed by atoms with Crippen LogP contribution in [-0.2, 0) is 38.1 Å². The molecule has 0 spiro atoms. The third kappa shape index (κ3) is 4.58. The van der Waals surface area contributed by atoms with E-state index < -0.39 is 66.7 Å². The van der Waals surface area contributed by atoms with E-state index in [2.05, 4.69) is 0 Å². The molecule has 0 aromatic rings. The normalized spacial score (nSPS) is 40.9. The first-order chi connectivity index (χ1) is 13.6. The molecular weight excluding hydrogens is 408 g/mol. The highest BCUT2D eigenvalue weighted by molar-refractivity contribution is 6.30. The zero-order valence-electron chi connectivity index (χ0n) is 16.6. The molecule has 0 amide bonds. The van der Waals surface area contributed by atoms with E-state index in [9.17, 15) is 19.5 Å². The summed E-state index contributed by atoms with van der Waals surface area (Å²) in [6, 6.07) is 0. The summed E-state index contributed by atoms with van der Waals surface area (Å²) in [5, 5.41) is 11.0. The Morgan fingerprint density at radius 1 is 1.00 bits per heavy atom. The van der Waals surface area contributed by atoms with Crippen LogP contribution in [0.5, 0.6) is 0 Å². The lowest BCUT2D eigenvalue weighted by Crippen LogP contribution is -2.61. The summed E-state index contributed by atoms with van der Waals surface area (Å²) in [5.74, 6) is -2.15. The van der Waals surface area contributed by atoms with Crippen LogP contribution in [0.1, 0.15) is 34.1 Å². The third-order valence-corrected chi connectivity index (χ3v) is 5.69. The quantitative estimate of drug-likeness (QED) is 0.498. The Bertz CT molecular complexity index is 708. The summed E-state index contributed by atoms with van der Waals surface area (Å²) in [7, 11) is 0. The molecule has 0 saturated carbocycles. The maximum Gasteiger partial charge on any atom is 0.303 e. The monoisotopic (exact) mass is 432 g/mol. The number of hydrogen-bond acceptors (Lipinski definition) is 9. The van der Waals surface area contributed by atoms with Gasteiger partial charge in [0.15, 0.2) is 18.3 Å². The summed E-state index contributed by atoms with van der Waals surface area (Å²) in [4.78, 5) is 35.0. The molecule has 3 heterocycles. The van der Waals surface area contributed by atoms with Gasteiger partial charge in [0.1, 0.15) is 6.10 Å². The Kier molecular flexibility index (Phi) is 6.52. The molecule has 9 nitrogen and oxygen atoms in total. The molecule has 0 aliphatic carbocycles. The standard InChI is InChI=1S/C19H25ClO9/c1-7-16(26-8(2)21)19(28-10(4)23)18(27-9(3)22)14(25-7)5-11-13-6-12(20)17(29-13)15(11)24/h6-7,11,13-19,24H,5H2,1-4H3/t7-,11+,13-,14-,15+,16+,17+,18+,19+/m0/s1. The maximum atomic E-state index is 11.7. The fourth-order valence-electron chi connectivity index (χ4n) is 4.25. The van der Waals surface area contributed by atoms with Gasteiger partial charge in [-0.25, -0.2) is 0 Å². The van der Waals surface area contributed by atoms with Crippen molar-refractivity contribution in [3.63, 3.8) is 0 Å². The Morgan fingerprint density at radius 2 is 1.55 bits per heavy atom. The minimum atomic E-state index is -1.05. The first kappa shape index (κ1) is 22.0. The van der Waals surface area contributed by atoms with Crippen molar-refractivity contribution in [3.8, 4) is 0 Å². The molecule has 0 unspecified atom stereocenters. The van der Waals surface area contributed by atoms with E-state index in [1.165, 1.54) is 20.8 Å². The van der Waals surface area contributed by atoms with Crippen LogP contribution in [0.15, 0.2) is 11.1 Å². The van der Waals surface area contributed by atoms with Gasteiger partial charge >= 0.3 is 17.9 Å². The highest BCUT2D eigenvalue weighted by Crippen LogP contribution is 2.44. The maximum absolute atomic E-state index is 11.7. The van der Waals surface area contributed by atoms with Crippen LogP contribution in [0, 0.1) is 5.92 Å². The fraction of sp³-hybridized carbons (Fsp3) is 0.737. The van der Waals surface area contributed by atoms with E-state index in [1.807, 2.05) is 0 Å². The molecule has 3 aliphatic rings. The molecule has 10 heteroatoms. The van der Waals surface area contributed by atoms with Gasteiger partial charge in [-0.15, -0.1) is 0 Å². The first-order valence-electron chi connectivity index (χ1n) is 9.46. The van der Waals surface area contributed by atoms with Crippen LogP contribution >= 0.6 is 11.6 Å². The molecular formula is C19H25ClO9. The van der Waals surface area contributed by atoms with E-state index in [1.54, 1.807) is 13.0 Å². The molecule has 2 fully saturated rings. The fourth-order valence-corrected chi connectivity index (χ4v) is 4.56. The predicted octanol–water partition coefficient (Wildman–Crippen LogP) is 0.840. The third-order valence-electron chi connectivity index (χ3n) is 5.35. The number of esters is 3. The topological polar surface area (TPSA) is 118 Å². The Balaban J connectivity index is 1.86. The van der Waals surface area contributed by atoms with Crippen LogP contribution in [0.2, 0.25) is 0 Å². The lowest BCUT2D eigenvalue weighted by Gasteiger charge is -2.44. The van der Waals surface area contributed by atoms with Crippen molar-refractivity contribution in [2.75, 3.05) is 0 Å². The summed E-state index contributed by atoms with van der Waals surface area (Å²) in [6.07, 6.45) is -4.21. The van der Waals surface area contributed by atoms with Gasteiger partial charge in [0.25, 0.3) is 0 Å². The summed E-state index contributed by atoms with van der Waals surface area (Å²) >= 11 is 6.05. The number of carbonyl (C=O) groups excluding carboxylic acids is 3. The second-order valence-corrected chi connectivity index (χ2v) is 8.00. The lowest BCUT2D eigenvalue weighted by molar-refractivity contribution is -0.246. The van der Waals surface area contributed by atoms with Gasteiger partial charge in [0.05, 0.1) is 24.4 Å². The van der Waals surface area contributed by atoms with E-state index in [-0.39, 0.29) is 12.3 Å². The summed E-state index contributed by atoms with van der Waals surface area (Å²) in [6.45, 7) is 5.33. The number of aliphatic hydroxyl groups excluding tert-OH is 1. The van der Waals surface area contributed by atoms with Gasteiger partial charge in [-0.1, -0.05) is 11.6 Å². The number of carbonyl (C=O) groups is 3. The Morgan fingerprint density at radius 3 is 2.07 bits per heavy atom. The Hall–Kier alpha value is -1.68. The zero-order chi connectivity index (χ0) is 21.5. The first-order valence-corrected chi connectivity index (χ1v) is 9.84. The van der Waals surface area contributed by atoms with Gasteiger partial charge < -0.3 is 28.8 Å². The summed E-state index contributed by atoms with van der Waals surface area (Å²) < 4.78 is 27.8. The minimum Gasteiger partial charge on any atom is -0.456 e. The average Bonchev–Trinajstić information content (AvgIpc) is 3.11. The molecule has 2 saturated heterocycles. The van der Waals surface area contributed by atoms with Crippen LogP contribution in [0.25, 0.3) is 0 Å². The van der Waals surface area contributed by atoms with Crippen molar-refractivity contribution in [2.45, 2.75) is 82.9 Å². The zero-order valence-corrected chi connectivity index (χ0v) is 17.3. The molecule has 3 rings (SSSR count). The molecule has 0 aromatic carbocycles. The van der Waals surface area contributed by atoms with Crippen molar-refractivity contribution in [1.29, 1.82) is 0 Å². The van der Waals surface area contributed by atoms with Gasteiger partial charge in [0, 0.05) is 31.7 Å². The van der Waals surface area contributed by atoms with Crippen LogP contribution < -0.4 is 0 Å². The van der Waals surface area contributed by atoms with E-state index in [0.717, 1.165) is 0 Å². The smallest absolute Gasteiger partial charge is 0.303 e. The molecule has 9 atom stereocenters. The van der Waals surface area contributed by atoms with Gasteiger partial charge in [-0.05, 0) is 19.4 Å². The molecule has 29 heavy (non-hydrogen) atoms. The number of ether oxygens (including phenoxy) is 5. The highest BCUT2D eigenvalue weighted by atomic mass is 35.5. The minimum absolute atomic E-state index is 0.260. The average molecular weight is 433 g/mol. The van der Waals surface area contributed by atoms with E-state index >= 15 is 0 Å². The van der Waals surface area contributed by atoms with Gasteiger partial charge in [0.2, 0.25) is 0 Å². The SMILES string of the molecule is CC(=O)O[C@@H]1[C@H](OC(C)=O)[C@H](C)O[C@@H](C[C@H]2[C@@H](O)[C@@H]3O[C@H]2C=C3Cl)[C@H]1OC(C)=O. The largest absolute Gasteiger partial charge is 0.456 e. The molecule has 2 bridgehead atoms. The molecule has 0 radical (unpaired) electrons. The van der Waals surface area contributed by atoms with Crippen molar-refractivity contribution < 1.29 is 43.2 Å². The number of rotatable bonds is 5. The van der Waals surface area contributed by atoms with Crippen molar-refractivity contribution in [3.05, 3.63) is 11.1 Å². The lowest BCUT2D eigenvalue weighted by atomic mass is 9.82. The van der Waals surface area contributed by atoms with Crippen LogP contribution in [0.3, 0.4) is 0 Å². The summed E-state index contributed by atoms with van der Waals surface area (Å²) in [5.41, 5.74) is 0. The number of fused-ring (bicyclic) bond motifs is 2. The predicted molar refractivity (Wildman–Crippen MR) is 97.7 cm³/mol. The number of halogens is 1. The highest BCUT2D eigenvalue weighted by Gasteiger charge is 2.54. The second kappa shape index (κ2) is 8.59. The Labute approximate surface area is 173 Å². The second-order valence-electron chi connectivity index (χ2n) is 7.56. The number of aliphatic hydroxyl groups is 1. The molecule has 3 aliphatic heterocycles. The van der Waals surface area contributed by atoms with Crippen molar-refractivity contribution in [2.24, 2.45) is 5.92 Å². The molecule has 0 aromatic heterocycles. The molecule has 162 valence electrons. The van der Waals surface area contributed by atoms with E-state index in [4.69, 9.17) is 35.3 Å². The van der Waals surface area contributed by atoms with Gasteiger partial charge in [-0.3, -0.25) is 14.4 Å².